The summed E-state index contributed by atoms with van der Waals surface area (Å²) in [6.07, 6.45) is 0.879. The minimum absolute atomic E-state index is 0.0127. The Bertz CT molecular complexity index is 1230. The first-order chi connectivity index (χ1) is 14.9. The van der Waals surface area contributed by atoms with Gasteiger partial charge in [-0.2, -0.15) is 0 Å². The zero-order chi connectivity index (χ0) is 24.1. The van der Waals surface area contributed by atoms with Crippen molar-refractivity contribution >= 4 is 122 Å². The van der Waals surface area contributed by atoms with Gasteiger partial charge in [0.15, 0.2) is 0 Å². The fourth-order valence-corrected chi connectivity index (χ4v) is 5.51. The van der Waals surface area contributed by atoms with Gasteiger partial charge in [0, 0.05) is 22.9 Å². The second-order valence-corrected chi connectivity index (χ2v) is 9.97. The van der Waals surface area contributed by atoms with E-state index in [1.807, 2.05) is 0 Å². The number of pyridine rings is 1. The lowest BCUT2D eigenvalue weighted by atomic mass is 9.97. The van der Waals surface area contributed by atoms with Gasteiger partial charge in [-0.1, -0.05) is 116 Å². The molecule has 168 valence electrons. The third kappa shape index (κ3) is 4.72. The highest BCUT2D eigenvalue weighted by Gasteiger charge is 2.26. The van der Waals surface area contributed by atoms with E-state index in [2.05, 4.69) is 4.98 Å². The van der Waals surface area contributed by atoms with E-state index in [1.54, 1.807) is 0 Å². The molecule has 1 aromatic heterocycles. The molecule has 0 aliphatic carbocycles. The summed E-state index contributed by atoms with van der Waals surface area (Å²) in [7, 11) is 0. The predicted octanol–water partition coefficient (Wildman–Crippen LogP) is 10.6. The number of benzene rings is 2. The summed E-state index contributed by atoms with van der Waals surface area (Å²) in [6, 6.07) is 1.43. The predicted molar refractivity (Wildman–Crippen MR) is 137 cm³/mol. The molecule has 0 spiro atoms. The van der Waals surface area contributed by atoms with E-state index in [1.165, 1.54) is 12.3 Å². The highest BCUT2D eigenvalue weighted by Crippen LogP contribution is 2.51. The van der Waals surface area contributed by atoms with Crippen molar-refractivity contribution in [2.24, 2.45) is 0 Å². The van der Waals surface area contributed by atoms with Gasteiger partial charge in [0.2, 0.25) is 0 Å². The van der Waals surface area contributed by atoms with Crippen LogP contribution < -0.4 is 0 Å². The maximum atomic E-state index is 11.6. The number of halogens is 10. The Balaban J connectivity index is 2.36. The number of aromatic nitrogens is 1. The molecule has 0 aliphatic heterocycles. The van der Waals surface area contributed by atoms with Crippen LogP contribution in [0.3, 0.4) is 0 Å². The first-order valence-electron chi connectivity index (χ1n) is 8.12. The number of rotatable bonds is 4. The number of hydrogen-bond donors (Lipinski definition) is 1. The second-order valence-electron chi connectivity index (χ2n) is 6.19. The molecule has 0 unspecified atom stereocenters. The van der Waals surface area contributed by atoms with Crippen molar-refractivity contribution in [1.29, 1.82) is 0 Å². The highest BCUT2D eigenvalue weighted by molar-refractivity contribution is 6.57. The van der Waals surface area contributed by atoms with Crippen LogP contribution in [0.2, 0.25) is 50.2 Å². The average Bonchev–Trinajstić information content (AvgIpc) is 2.74. The number of aliphatic carboxylic acids is 1. The van der Waals surface area contributed by atoms with E-state index < -0.39 is 12.4 Å². The van der Waals surface area contributed by atoms with Crippen molar-refractivity contribution in [3.8, 4) is 22.4 Å². The number of hydrogen-bond acceptors (Lipinski definition) is 2. The molecule has 3 rings (SSSR count). The van der Waals surface area contributed by atoms with Gasteiger partial charge in [-0.3, -0.25) is 9.78 Å². The summed E-state index contributed by atoms with van der Waals surface area (Å²) in [5, 5.41) is 9.13. The van der Waals surface area contributed by atoms with Gasteiger partial charge in [-0.05, 0) is 11.6 Å². The largest absolute Gasteiger partial charge is 0.481 e. The van der Waals surface area contributed by atoms with Crippen molar-refractivity contribution in [2.45, 2.75) is 6.42 Å². The maximum Gasteiger partial charge on any atom is 0.307 e. The minimum Gasteiger partial charge on any atom is -0.481 e. The van der Waals surface area contributed by atoms with Crippen LogP contribution in [0, 0.1) is 0 Å². The van der Waals surface area contributed by atoms with Crippen LogP contribution in [-0.2, 0) is 11.2 Å². The summed E-state index contributed by atoms with van der Waals surface area (Å²) < 4.78 is 0. The molecular formula is C19H5Cl10NO2. The Morgan fingerprint density at radius 1 is 0.656 bits per heavy atom. The van der Waals surface area contributed by atoms with Gasteiger partial charge in [0.05, 0.1) is 62.3 Å². The summed E-state index contributed by atoms with van der Waals surface area (Å²) in [6.45, 7) is 0. The van der Waals surface area contributed by atoms with E-state index in [0.29, 0.717) is 0 Å². The van der Waals surface area contributed by atoms with E-state index in [-0.39, 0.29) is 78.2 Å². The highest BCUT2D eigenvalue weighted by atomic mass is 35.5. The zero-order valence-corrected chi connectivity index (χ0v) is 22.5. The Labute approximate surface area is 231 Å². The monoisotopic (exact) mass is 629 g/mol. The average molecular weight is 634 g/mol. The Kier molecular flexibility index (Phi) is 8.54. The molecule has 13 heteroatoms. The van der Waals surface area contributed by atoms with E-state index in [0.717, 1.165) is 0 Å². The first kappa shape index (κ1) is 26.6. The first-order valence-corrected chi connectivity index (χ1v) is 11.9. The summed E-state index contributed by atoms with van der Waals surface area (Å²) in [4.78, 5) is 15.9. The topological polar surface area (TPSA) is 50.2 Å². The van der Waals surface area contributed by atoms with Crippen LogP contribution in [0.25, 0.3) is 22.4 Å². The van der Waals surface area contributed by atoms with Gasteiger partial charge in [0.25, 0.3) is 0 Å². The fraction of sp³-hybridized carbons (Fsp3) is 0.0526. The summed E-state index contributed by atoms with van der Waals surface area (Å²) in [5.74, 6) is -1.15. The van der Waals surface area contributed by atoms with Gasteiger partial charge in [-0.25, -0.2) is 0 Å². The van der Waals surface area contributed by atoms with Gasteiger partial charge >= 0.3 is 5.97 Å². The van der Waals surface area contributed by atoms with Crippen LogP contribution in [-0.4, -0.2) is 16.1 Å². The van der Waals surface area contributed by atoms with Gasteiger partial charge in [-0.15, -0.1) is 0 Å². The van der Waals surface area contributed by atoms with E-state index in [4.69, 9.17) is 116 Å². The molecule has 0 fully saturated rings. The fourth-order valence-electron chi connectivity index (χ4n) is 2.84. The zero-order valence-electron chi connectivity index (χ0n) is 14.9. The molecule has 0 bridgehead atoms. The SMILES string of the molecule is O=C(O)Cc1cc(-c2c(Cl)c(Cl)c(Cl)c(Cl)c2Cl)ncc1-c1c(Cl)c(Cl)c(Cl)c(Cl)c1Cl. The van der Waals surface area contributed by atoms with Crippen molar-refractivity contribution in [1.82, 2.24) is 4.98 Å². The number of carbonyl (C=O) groups is 1. The Morgan fingerprint density at radius 3 is 1.44 bits per heavy atom. The van der Waals surface area contributed by atoms with Gasteiger partial charge < -0.3 is 5.11 Å². The third-order valence-electron chi connectivity index (χ3n) is 4.28. The summed E-state index contributed by atoms with van der Waals surface area (Å²) in [5.41, 5.74) is 1.00. The third-order valence-corrected chi connectivity index (χ3v) is 8.83. The van der Waals surface area contributed by atoms with Crippen molar-refractivity contribution in [3.63, 3.8) is 0 Å². The molecule has 0 radical (unpaired) electrons. The summed E-state index contributed by atoms with van der Waals surface area (Å²) >= 11 is 62.1. The lowest BCUT2D eigenvalue weighted by Gasteiger charge is -2.17. The van der Waals surface area contributed by atoms with Crippen molar-refractivity contribution in [3.05, 3.63) is 68.1 Å². The van der Waals surface area contributed by atoms with Crippen LogP contribution in [0.1, 0.15) is 5.56 Å². The van der Waals surface area contributed by atoms with E-state index >= 15 is 0 Å². The molecule has 1 heterocycles. The molecule has 32 heavy (non-hydrogen) atoms. The number of carboxylic acid groups (broad SMARTS) is 1. The molecule has 0 aliphatic rings. The minimum atomic E-state index is -1.15. The van der Waals surface area contributed by atoms with Crippen LogP contribution >= 0.6 is 116 Å². The van der Waals surface area contributed by atoms with Crippen molar-refractivity contribution in [2.75, 3.05) is 0 Å². The van der Waals surface area contributed by atoms with Crippen molar-refractivity contribution < 1.29 is 9.90 Å². The smallest absolute Gasteiger partial charge is 0.307 e. The molecule has 3 nitrogen and oxygen atoms in total. The van der Waals surface area contributed by atoms with Crippen LogP contribution in [0.5, 0.6) is 0 Å². The quantitative estimate of drug-likeness (QED) is 0.230. The number of carboxylic acids is 1. The molecule has 0 saturated carbocycles. The normalized spacial score (nSPS) is 11.2. The molecule has 0 atom stereocenters. The molecule has 0 amide bonds. The van der Waals surface area contributed by atoms with Crippen LogP contribution in [0.4, 0.5) is 0 Å². The Morgan fingerprint density at radius 2 is 1.03 bits per heavy atom. The van der Waals surface area contributed by atoms with Gasteiger partial charge in [0.1, 0.15) is 0 Å². The van der Waals surface area contributed by atoms with Crippen LogP contribution in [0.15, 0.2) is 12.3 Å². The lowest BCUT2D eigenvalue weighted by Crippen LogP contribution is -2.04. The number of nitrogens with zero attached hydrogens (tertiary/aromatic N) is 1. The molecule has 2 aromatic carbocycles. The maximum absolute atomic E-state index is 11.6. The second kappa shape index (κ2) is 10.3. The molecule has 1 N–H and O–H groups in total. The molecular weight excluding hydrogens is 629 g/mol. The van der Waals surface area contributed by atoms with E-state index in [9.17, 15) is 9.90 Å². The lowest BCUT2D eigenvalue weighted by molar-refractivity contribution is -0.136. The Hall–Kier alpha value is -0.0400. The standard InChI is InChI=1S/C19H5Cl10NO2/c20-10-8(11(21)15(25)18(28)14(10)24)5-3-30-6(1-4(5)2-7(31)32)9-12(22)16(26)19(29)17(27)13(9)23/h1,3H,2H2,(H,31,32). The molecule has 3 aromatic rings. The molecule has 0 saturated heterocycles.